The topological polar surface area (TPSA) is 49.3 Å². The van der Waals surface area contributed by atoms with Gasteiger partial charge in [0.15, 0.2) is 0 Å². The Morgan fingerprint density at radius 3 is 2.47 bits per heavy atom. The van der Waals surface area contributed by atoms with Gasteiger partial charge < -0.3 is 5.11 Å². The zero-order valence-electron chi connectivity index (χ0n) is 10.4. The number of carboxylic acids is 1. The van der Waals surface area contributed by atoms with Crippen LogP contribution in [0.25, 0.3) is 0 Å². The van der Waals surface area contributed by atoms with Crippen LogP contribution in [0.15, 0.2) is 54.6 Å². The molecule has 0 radical (unpaired) electrons. The minimum Gasteiger partial charge on any atom is -0.480 e. The molecule has 19 heavy (non-hydrogen) atoms. The van der Waals surface area contributed by atoms with Crippen LogP contribution in [0.5, 0.6) is 0 Å². The van der Waals surface area contributed by atoms with E-state index in [2.05, 4.69) is 11.4 Å². The molecule has 3 nitrogen and oxygen atoms in total. The Kier molecular flexibility index (Phi) is 3.05. The van der Waals surface area contributed by atoms with Crippen molar-refractivity contribution in [2.45, 2.75) is 18.5 Å². The predicted octanol–water partition coefficient (Wildman–Crippen LogP) is 2.37. The number of nitrogens with one attached hydrogen (secondary N) is 1. The van der Waals surface area contributed by atoms with Gasteiger partial charge in [0.05, 0.1) is 0 Å². The Balaban J connectivity index is 2.13. The smallest absolute Gasteiger partial charge is 0.321 e. The van der Waals surface area contributed by atoms with Crippen LogP contribution in [-0.2, 0) is 11.3 Å². The lowest BCUT2D eigenvalue weighted by Gasteiger charge is -2.32. The zero-order chi connectivity index (χ0) is 13.2. The van der Waals surface area contributed by atoms with E-state index >= 15 is 0 Å². The van der Waals surface area contributed by atoms with Gasteiger partial charge in [-0.15, -0.1) is 0 Å². The van der Waals surface area contributed by atoms with Gasteiger partial charge in [0.1, 0.15) is 6.04 Å². The van der Waals surface area contributed by atoms with E-state index in [1.165, 1.54) is 5.56 Å². The van der Waals surface area contributed by atoms with Gasteiger partial charge in [0.2, 0.25) is 0 Å². The van der Waals surface area contributed by atoms with Crippen LogP contribution in [0.4, 0.5) is 0 Å². The quantitative estimate of drug-likeness (QED) is 0.864. The first-order valence-electron chi connectivity index (χ1n) is 6.36. The number of fused-ring (bicyclic) bond motifs is 1. The number of rotatable bonds is 2. The number of carboxylic acid groups (broad SMARTS) is 1. The minimum atomic E-state index is -0.802. The van der Waals surface area contributed by atoms with E-state index in [4.69, 9.17) is 0 Å². The van der Waals surface area contributed by atoms with Gasteiger partial charge in [-0.2, -0.15) is 0 Å². The highest BCUT2D eigenvalue weighted by atomic mass is 16.4. The highest BCUT2D eigenvalue weighted by molar-refractivity contribution is 5.76. The molecule has 0 bridgehead atoms. The summed E-state index contributed by atoms with van der Waals surface area (Å²) in [5.74, 6) is -0.938. The summed E-state index contributed by atoms with van der Waals surface area (Å²) in [6, 6.07) is 17.3. The number of carbonyl (C=O) groups is 1. The minimum absolute atomic E-state index is 0.136. The maximum absolute atomic E-state index is 11.5. The van der Waals surface area contributed by atoms with Gasteiger partial charge in [0, 0.05) is 12.5 Å². The predicted molar refractivity (Wildman–Crippen MR) is 73.0 cm³/mol. The SMILES string of the molecule is O=C(O)[C@H]1NCc2ccccc2[C@@H]1c1ccccc1. The number of benzene rings is 2. The van der Waals surface area contributed by atoms with Crippen molar-refractivity contribution in [3.8, 4) is 0 Å². The van der Waals surface area contributed by atoms with Crippen LogP contribution in [0, 0.1) is 0 Å². The van der Waals surface area contributed by atoms with Crippen molar-refractivity contribution in [1.82, 2.24) is 5.32 Å². The molecule has 0 amide bonds. The van der Waals surface area contributed by atoms with Crippen molar-refractivity contribution in [2.75, 3.05) is 0 Å². The average molecular weight is 253 g/mol. The molecule has 0 unspecified atom stereocenters. The summed E-state index contributed by atoms with van der Waals surface area (Å²) in [6.07, 6.45) is 0. The van der Waals surface area contributed by atoms with Gasteiger partial charge in [0.25, 0.3) is 0 Å². The van der Waals surface area contributed by atoms with Crippen LogP contribution in [-0.4, -0.2) is 17.1 Å². The van der Waals surface area contributed by atoms with Gasteiger partial charge in [-0.1, -0.05) is 54.6 Å². The van der Waals surface area contributed by atoms with Crippen LogP contribution < -0.4 is 5.32 Å². The molecule has 0 spiro atoms. The number of hydrogen-bond donors (Lipinski definition) is 2. The maximum Gasteiger partial charge on any atom is 0.321 e. The fourth-order valence-electron chi connectivity index (χ4n) is 2.78. The van der Waals surface area contributed by atoms with Crippen molar-refractivity contribution in [2.24, 2.45) is 0 Å². The molecule has 1 aliphatic rings. The van der Waals surface area contributed by atoms with E-state index in [-0.39, 0.29) is 5.92 Å². The Morgan fingerprint density at radius 1 is 1.05 bits per heavy atom. The molecule has 0 aromatic heterocycles. The lowest BCUT2D eigenvalue weighted by molar-refractivity contribution is -0.140. The van der Waals surface area contributed by atoms with E-state index in [1.54, 1.807) is 0 Å². The van der Waals surface area contributed by atoms with Crippen molar-refractivity contribution >= 4 is 5.97 Å². The van der Waals surface area contributed by atoms with Gasteiger partial charge in [-0.05, 0) is 16.7 Å². The summed E-state index contributed by atoms with van der Waals surface area (Å²) in [7, 11) is 0. The van der Waals surface area contributed by atoms with E-state index in [0.717, 1.165) is 11.1 Å². The molecular formula is C16H15NO2. The monoisotopic (exact) mass is 253 g/mol. The van der Waals surface area contributed by atoms with E-state index in [9.17, 15) is 9.90 Å². The molecule has 0 aliphatic carbocycles. The van der Waals surface area contributed by atoms with Crippen LogP contribution in [0.3, 0.4) is 0 Å². The molecular weight excluding hydrogens is 238 g/mol. The standard InChI is InChI=1S/C16H15NO2/c18-16(19)15-14(11-6-2-1-3-7-11)13-9-5-4-8-12(13)10-17-15/h1-9,14-15,17H,10H2,(H,18,19)/t14-,15-/m0/s1. The molecule has 1 heterocycles. The van der Waals surface area contributed by atoms with Gasteiger partial charge in [-0.25, -0.2) is 0 Å². The highest BCUT2D eigenvalue weighted by Gasteiger charge is 2.34. The molecule has 0 saturated carbocycles. The van der Waals surface area contributed by atoms with Gasteiger partial charge in [-0.3, -0.25) is 10.1 Å². The van der Waals surface area contributed by atoms with Crippen LogP contribution >= 0.6 is 0 Å². The van der Waals surface area contributed by atoms with Crippen molar-refractivity contribution in [1.29, 1.82) is 0 Å². The van der Waals surface area contributed by atoms with Crippen molar-refractivity contribution < 1.29 is 9.90 Å². The fraction of sp³-hybridized carbons (Fsp3) is 0.188. The Labute approximate surface area is 111 Å². The number of hydrogen-bond acceptors (Lipinski definition) is 2. The first kappa shape index (κ1) is 11.9. The normalized spacial score (nSPS) is 21.7. The summed E-state index contributed by atoms with van der Waals surface area (Å²) in [5, 5.41) is 12.6. The Bertz CT molecular complexity index is 595. The van der Waals surface area contributed by atoms with Crippen LogP contribution in [0.2, 0.25) is 0 Å². The van der Waals surface area contributed by atoms with E-state index < -0.39 is 12.0 Å². The second-order valence-corrected chi connectivity index (χ2v) is 4.78. The highest BCUT2D eigenvalue weighted by Crippen LogP contribution is 2.33. The molecule has 0 saturated heterocycles. The third-order valence-corrected chi connectivity index (χ3v) is 3.66. The Morgan fingerprint density at radius 2 is 1.74 bits per heavy atom. The molecule has 2 aromatic carbocycles. The third-order valence-electron chi connectivity index (χ3n) is 3.66. The van der Waals surface area contributed by atoms with E-state index in [1.807, 2.05) is 48.5 Å². The van der Waals surface area contributed by atoms with Crippen molar-refractivity contribution in [3.63, 3.8) is 0 Å². The second kappa shape index (κ2) is 4.86. The Hall–Kier alpha value is -2.13. The largest absolute Gasteiger partial charge is 0.480 e. The summed E-state index contributed by atoms with van der Waals surface area (Å²) in [4.78, 5) is 11.5. The average Bonchev–Trinajstić information content (AvgIpc) is 2.46. The summed E-state index contributed by atoms with van der Waals surface area (Å²) < 4.78 is 0. The van der Waals surface area contributed by atoms with E-state index in [0.29, 0.717) is 6.54 Å². The summed E-state index contributed by atoms with van der Waals surface area (Å²) in [6.45, 7) is 0.608. The molecule has 2 aromatic rings. The first-order chi connectivity index (χ1) is 9.27. The molecule has 0 fully saturated rings. The lowest BCUT2D eigenvalue weighted by Crippen LogP contribution is -2.45. The molecule has 96 valence electrons. The molecule has 3 heteroatoms. The fourth-order valence-corrected chi connectivity index (χ4v) is 2.78. The summed E-state index contributed by atoms with van der Waals surface area (Å²) >= 11 is 0. The molecule has 1 aliphatic heterocycles. The van der Waals surface area contributed by atoms with Crippen molar-refractivity contribution in [3.05, 3.63) is 71.3 Å². The molecule has 3 rings (SSSR count). The second-order valence-electron chi connectivity index (χ2n) is 4.78. The molecule has 2 atom stereocenters. The van der Waals surface area contributed by atoms with Crippen LogP contribution in [0.1, 0.15) is 22.6 Å². The maximum atomic E-state index is 11.5. The number of aliphatic carboxylic acids is 1. The first-order valence-corrected chi connectivity index (χ1v) is 6.36. The zero-order valence-corrected chi connectivity index (χ0v) is 10.4. The van der Waals surface area contributed by atoms with Gasteiger partial charge >= 0.3 is 5.97 Å². The lowest BCUT2D eigenvalue weighted by atomic mass is 9.80. The molecule has 2 N–H and O–H groups in total. The third kappa shape index (κ3) is 2.13. The summed E-state index contributed by atoms with van der Waals surface area (Å²) in [5.41, 5.74) is 3.32.